The van der Waals surface area contributed by atoms with Crippen LogP contribution < -0.4 is 5.73 Å². The van der Waals surface area contributed by atoms with Gasteiger partial charge in [-0.2, -0.15) is 4.98 Å². The van der Waals surface area contributed by atoms with Gasteiger partial charge in [-0.15, -0.1) is 0 Å². The number of ether oxygens (including phenoxy) is 1. The Morgan fingerprint density at radius 1 is 1.60 bits per heavy atom. The van der Waals surface area contributed by atoms with Crippen LogP contribution in [0.1, 0.15) is 49.9 Å². The number of hydrogen-bond donors (Lipinski definition) is 1. The standard InChI is InChI=1S/C10H17N3O2/c1-2-8(11)10-12-9(13-15-10)7-4-3-5-14-6-7/h7-8H,2-6,11H2,1H3/t7?,8-/m1/s1. The summed E-state index contributed by atoms with van der Waals surface area (Å²) in [6.07, 6.45) is 2.94. The van der Waals surface area contributed by atoms with E-state index in [2.05, 4.69) is 10.1 Å². The van der Waals surface area contributed by atoms with E-state index < -0.39 is 0 Å². The fourth-order valence-corrected chi connectivity index (χ4v) is 1.68. The van der Waals surface area contributed by atoms with Gasteiger partial charge in [-0.25, -0.2) is 0 Å². The Morgan fingerprint density at radius 3 is 3.13 bits per heavy atom. The van der Waals surface area contributed by atoms with Crippen LogP contribution in [0.4, 0.5) is 0 Å². The molecule has 84 valence electrons. The fourth-order valence-electron chi connectivity index (χ4n) is 1.68. The molecule has 1 aliphatic heterocycles. The molecule has 2 rings (SSSR count). The second kappa shape index (κ2) is 4.72. The van der Waals surface area contributed by atoms with Crippen LogP contribution in [0.3, 0.4) is 0 Å². The third-order valence-corrected chi connectivity index (χ3v) is 2.74. The summed E-state index contributed by atoms with van der Waals surface area (Å²) in [6.45, 7) is 3.54. The lowest BCUT2D eigenvalue weighted by Gasteiger charge is -2.18. The lowest BCUT2D eigenvalue weighted by molar-refractivity contribution is 0.0773. The average molecular weight is 211 g/mol. The van der Waals surface area contributed by atoms with Gasteiger partial charge in [-0.1, -0.05) is 12.1 Å². The van der Waals surface area contributed by atoms with Gasteiger partial charge in [0.1, 0.15) is 0 Å². The molecule has 1 unspecified atom stereocenters. The van der Waals surface area contributed by atoms with Crippen molar-refractivity contribution in [1.29, 1.82) is 0 Å². The summed E-state index contributed by atoms with van der Waals surface area (Å²) in [6, 6.07) is -0.143. The number of nitrogens with zero attached hydrogens (tertiary/aromatic N) is 2. The first-order valence-electron chi connectivity index (χ1n) is 5.48. The Balaban J connectivity index is 2.05. The maximum atomic E-state index is 5.81. The second-order valence-electron chi connectivity index (χ2n) is 3.92. The first kappa shape index (κ1) is 10.6. The first-order valence-corrected chi connectivity index (χ1v) is 5.48. The maximum Gasteiger partial charge on any atom is 0.243 e. The molecular weight excluding hydrogens is 194 g/mol. The molecule has 1 aromatic rings. The minimum Gasteiger partial charge on any atom is -0.381 e. The predicted molar refractivity (Wildman–Crippen MR) is 54.3 cm³/mol. The Hall–Kier alpha value is -0.940. The predicted octanol–water partition coefficient (Wildman–Crippen LogP) is 1.37. The van der Waals surface area contributed by atoms with Crippen molar-refractivity contribution in [2.75, 3.05) is 13.2 Å². The smallest absolute Gasteiger partial charge is 0.243 e. The molecule has 0 radical (unpaired) electrons. The number of aromatic nitrogens is 2. The van der Waals surface area contributed by atoms with Crippen molar-refractivity contribution in [1.82, 2.24) is 10.1 Å². The van der Waals surface area contributed by atoms with E-state index in [1.807, 2.05) is 6.92 Å². The molecule has 2 atom stereocenters. The highest BCUT2D eigenvalue weighted by Crippen LogP contribution is 2.24. The molecule has 15 heavy (non-hydrogen) atoms. The fraction of sp³-hybridized carbons (Fsp3) is 0.800. The van der Waals surface area contributed by atoms with Gasteiger partial charge < -0.3 is 15.0 Å². The molecular formula is C10H17N3O2. The van der Waals surface area contributed by atoms with Crippen molar-refractivity contribution in [2.45, 2.75) is 38.1 Å². The van der Waals surface area contributed by atoms with Crippen LogP contribution in [0.2, 0.25) is 0 Å². The minimum atomic E-state index is -0.143. The van der Waals surface area contributed by atoms with E-state index in [0.29, 0.717) is 12.5 Å². The van der Waals surface area contributed by atoms with Crippen LogP contribution in [0.5, 0.6) is 0 Å². The highest BCUT2D eigenvalue weighted by Gasteiger charge is 2.22. The van der Waals surface area contributed by atoms with E-state index in [4.69, 9.17) is 15.0 Å². The lowest BCUT2D eigenvalue weighted by Crippen LogP contribution is -2.17. The topological polar surface area (TPSA) is 74.2 Å². The summed E-state index contributed by atoms with van der Waals surface area (Å²) in [4.78, 5) is 4.32. The third kappa shape index (κ3) is 2.35. The van der Waals surface area contributed by atoms with Gasteiger partial charge in [-0.3, -0.25) is 0 Å². The minimum absolute atomic E-state index is 0.143. The number of hydrogen-bond acceptors (Lipinski definition) is 5. The molecule has 1 aromatic heterocycles. The zero-order valence-electron chi connectivity index (χ0n) is 8.98. The third-order valence-electron chi connectivity index (χ3n) is 2.74. The molecule has 2 N–H and O–H groups in total. The molecule has 5 nitrogen and oxygen atoms in total. The van der Waals surface area contributed by atoms with Crippen molar-refractivity contribution in [3.05, 3.63) is 11.7 Å². The Bertz CT molecular complexity index is 307. The van der Waals surface area contributed by atoms with Gasteiger partial charge in [0.15, 0.2) is 5.82 Å². The van der Waals surface area contributed by atoms with Gasteiger partial charge >= 0.3 is 0 Å². The summed E-state index contributed by atoms with van der Waals surface area (Å²) >= 11 is 0. The molecule has 0 bridgehead atoms. The molecule has 0 aliphatic carbocycles. The molecule has 5 heteroatoms. The van der Waals surface area contributed by atoms with Crippen molar-refractivity contribution in [3.63, 3.8) is 0 Å². The van der Waals surface area contributed by atoms with E-state index in [0.717, 1.165) is 31.7 Å². The van der Waals surface area contributed by atoms with Gasteiger partial charge in [0.05, 0.1) is 12.6 Å². The Kier molecular flexibility index (Phi) is 3.33. The summed E-state index contributed by atoms with van der Waals surface area (Å²) in [7, 11) is 0. The highest BCUT2D eigenvalue weighted by molar-refractivity contribution is 4.98. The first-order chi connectivity index (χ1) is 7.31. The van der Waals surface area contributed by atoms with E-state index in [9.17, 15) is 0 Å². The Labute approximate surface area is 89.0 Å². The van der Waals surface area contributed by atoms with Crippen LogP contribution in [0.25, 0.3) is 0 Å². The lowest BCUT2D eigenvalue weighted by atomic mass is 10.0. The van der Waals surface area contributed by atoms with Crippen molar-refractivity contribution >= 4 is 0 Å². The maximum absolute atomic E-state index is 5.81. The van der Waals surface area contributed by atoms with Crippen molar-refractivity contribution < 1.29 is 9.26 Å². The van der Waals surface area contributed by atoms with Crippen LogP contribution in [0.15, 0.2) is 4.52 Å². The van der Waals surface area contributed by atoms with Gasteiger partial charge in [0, 0.05) is 12.5 Å². The molecule has 1 fully saturated rings. The summed E-state index contributed by atoms with van der Waals surface area (Å²) in [5.41, 5.74) is 5.81. The molecule has 0 amide bonds. The number of nitrogens with two attached hydrogens (primary N) is 1. The van der Waals surface area contributed by atoms with Gasteiger partial charge in [0.25, 0.3) is 0 Å². The van der Waals surface area contributed by atoms with Crippen LogP contribution in [0, 0.1) is 0 Å². The molecule has 1 saturated heterocycles. The molecule has 2 heterocycles. The van der Waals surface area contributed by atoms with Crippen LogP contribution in [-0.2, 0) is 4.74 Å². The van der Waals surface area contributed by atoms with Gasteiger partial charge in [0.2, 0.25) is 5.89 Å². The van der Waals surface area contributed by atoms with E-state index in [-0.39, 0.29) is 12.0 Å². The average Bonchev–Trinajstić information content (AvgIpc) is 2.78. The van der Waals surface area contributed by atoms with E-state index >= 15 is 0 Å². The molecule has 0 aromatic carbocycles. The summed E-state index contributed by atoms with van der Waals surface area (Å²) < 4.78 is 10.5. The summed E-state index contributed by atoms with van der Waals surface area (Å²) in [5.74, 6) is 1.56. The van der Waals surface area contributed by atoms with E-state index in [1.54, 1.807) is 0 Å². The quantitative estimate of drug-likeness (QED) is 0.817. The highest BCUT2D eigenvalue weighted by atomic mass is 16.5. The van der Waals surface area contributed by atoms with E-state index in [1.165, 1.54) is 0 Å². The second-order valence-corrected chi connectivity index (χ2v) is 3.92. The molecule has 0 saturated carbocycles. The SMILES string of the molecule is CC[C@@H](N)c1nc(C2CCCOC2)no1. The largest absolute Gasteiger partial charge is 0.381 e. The number of rotatable bonds is 3. The zero-order chi connectivity index (χ0) is 10.7. The molecule has 1 aliphatic rings. The van der Waals surface area contributed by atoms with Crippen LogP contribution >= 0.6 is 0 Å². The van der Waals surface area contributed by atoms with Crippen molar-refractivity contribution in [2.24, 2.45) is 5.73 Å². The molecule has 0 spiro atoms. The van der Waals surface area contributed by atoms with Crippen LogP contribution in [-0.4, -0.2) is 23.4 Å². The van der Waals surface area contributed by atoms with Gasteiger partial charge in [-0.05, 0) is 19.3 Å². The normalized spacial score (nSPS) is 24.0. The Morgan fingerprint density at radius 2 is 2.47 bits per heavy atom. The van der Waals surface area contributed by atoms with Crippen molar-refractivity contribution in [3.8, 4) is 0 Å². The monoisotopic (exact) mass is 211 g/mol. The zero-order valence-corrected chi connectivity index (χ0v) is 8.98. The summed E-state index contributed by atoms with van der Waals surface area (Å²) in [5, 5.41) is 3.96.